The maximum atomic E-state index is 11.9. The standard InChI is InChI=1S/C17H22N4O3/c22-17(18-13-3-4-13)12-21-7-5-20(6-8-21)11-14-10-16(24-19-14)15-2-1-9-23-15/h1-2,9-10,13H,3-8,11-12H2,(H,18,22). The van der Waals surface area contributed by atoms with Crippen molar-refractivity contribution >= 4 is 5.91 Å². The lowest BCUT2D eigenvalue weighted by molar-refractivity contribution is -0.122. The van der Waals surface area contributed by atoms with E-state index in [0.717, 1.165) is 51.3 Å². The molecule has 1 saturated carbocycles. The highest BCUT2D eigenvalue weighted by atomic mass is 16.5. The van der Waals surface area contributed by atoms with Crippen molar-refractivity contribution in [1.29, 1.82) is 0 Å². The molecule has 1 aliphatic carbocycles. The summed E-state index contributed by atoms with van der Waals surface area (Å²) in [4.78, 5) is 16.4. The summed E-state index contributed by atoms with van der Waals surface area (Å²) in [5.41, 5.74) is 0.904. The van der Waals surface area contributed by atoms with E-state index < -0.39 is 0 Å². The number of furan rings is 1. The predicted molar refractivity (Wildman–Crippen MR) is 87.1 cm³/mol. The Kier molecular flexibility index (Phi) is 4.36. The number of amides is 1. The lowest BCUT2D eigenvalue weighted by Crippen LogP contribution is -2.49. The van der Waals surface area contributed by atoms with Gasteiger partial charge in [-0.15, -0.1) is 0 Å². The molecule has 2 fully saturated rings. The van der Waals surface area contributed by atoms with Gasteiger partial charge in [-0.1, -0.05) is 5.16 Å². The number of nitrogens with one attached hydrogen (secondary N) is 1. The van der Waals surface area contributed by atoms with Crippen LogP contribution in [0.25, 0.3) is 11.5 Å². The fraction of sp³-hybridized carbons (Fsp3) is 0.529. The Labute approximate surface area is 140 Å². The first kappa shape index (κ1) is 15.4. The first-order valence-corrected chi connectivity index (χ1v) is 8.50. The van der Waals surface area contributed by atoms with Gasteiger partial charge in [0.25, 0.3) is 0 Å². The van der Waals surface area contributed by atoms with Crippen molar-refractivity contribution in [1.82, 2.24) is 20.3 Å². The molecule has 24 heavy (non-hydrogen) atoms. The number of hydrogen-bond acceptors (Lipinski definition) is 6. The Hall–Kier alpha value is -2.12. The fourth-order valence-corrected chi connectivity index (χ4v) is 2.96. The molecule has 0 radical (unpaired) electrons. The third kappa shape index (κ3) is 3.85. The topological polar surface area (TPSA) is 74.8 Å². The van der Waals surface area contributed by atoms with E-state index in [4.69, 9.17) is 8.94 Å². The SMILES string of the molecule is O=C(CN1CCN(Cc2cc(-c3ccco3)on2)CC1)NC1CC1. The van der Waals surface area contributed by atoms with Crippen LogP contribution in [0.15, 0.2) is 33.4 Å². The van der Waals surface area contributed by atoms with Crippen LogP contribution in [0.1, 0.15) is 18.5 Å². The zero-order valence-electron chi connectivity index (χ0n) is 13.6. The Morgan fingerprint density at radius 2 is 2.00 bits per heavy atom. The third-order valence-electron chi connectivity index (χ3n) is 4.48. The quantitative estimate of drug-likeness (QED) is 0.861. The monoisotopic (exact) mass is 330 g/mol. The number of piperazine rings is 1. The molecule has 2 aromatic rings. The third-order valence-corrected chi connectivity index (χ3v) is 4.48. The van der Waals surface area contributed by atoms with E-state index in [-0.39, 0.29) is 5.91 Å². The summed E-state index contributed by atoms with van der Waals surface area (Å²) in [5, 5.41) is 7.16. The van der Waals surface area contributed by atoms with Crippen molar-refractivity contribution < 1.29 is 13.7 Å². The largest absolute Gasteiger partial charge is 0.461 e. The number of carbonyl (C=O) groups is 1. The van der Waals surface area contributed by atoms with Crippen LogP contribution < -0.4 is 5.32 Å². The van der Waals surface area contributed by atoms with E-state index in [9.17, 15) is 4.79 Å². The van der Waals surface area contributed by atoms with Crippen molar-refractivity contribution in [2.75, 3.05) is 32.7 Å². The van der Waals surface area contributed by atoms with E-state index >= 15 is 0 Å². The van der Waals surface area contributed by atoms with Gasteiger partial charge in [0.05, 0.1) is 18.5 Å². The maximum Gasteiger partial charge on any atom is 0.234 e. The fourth-order valence-electron chi connectivity index (χ4n) is 2.96. The van der Waals surface area contributed by atoms with Gasteiger partial charge >= 0.3 is 0 Å². The second-order valence-electron chi connectivity index (χ2n) is 6.55. The first-order valence-electron chi connectivity index (χ1n) is 8.50. The van der Waals surface area contributed by atoms with Crippen LogP contribution in [-0.4, -0.2) is 59.6 Å². The lowest BCUT2D eigenvalue weighted by atomic mass is 10.2. The lowest BCUT2D eigenvalue weighted by Gasteiger charge is -2.33. The van der Waals surface area contributed by atoms with Crippen LogP contribution in [0, 0.1) is 0 Å². The number of aromatic nitrogens is 1. The van der Waals surface area contributed by atoms with E-state index in [1.165, 1.54) is 0 Å². The Morgan fingerprint density at radius 3 is 2.71 bits per heavy atom. The zero-order valence-corrected chi connectivity index (χ0v) is 13.6. The van der Waals surface area contributed by atoms with E-state index in [0.29, 0.717) is 24.1 Å². The predicted octanol–water partition coefficient (Wildman–Crippen LogP) is 1.33. The van der Waals surface area contributed by atoms with Crippen molar-refractivity contribution in [3.63, 3.8) is 0 Å². The van der Waals surface area contributed by atoms with Gasteiger partial charge < -0.3 is 14.3 Å². The maximum absolute atomic E-state index is 11.9. The molecule has 0 bridgehead atoms. The molecule has 1 N–H and O–H groups in total. The summed E-state index contributed by atoms with van der Waals surface area (Å²) in [6, 6.07) is 6.05. The number of carbonyl (C=O) groups excluding carboxylic acids is 1. The minimum atomic E-state index is 0.158. The smallest absolute Gasteiger partial charge is 0.234 e. The summed E-state index contributed by atoms with van der Waals surface area (Å²) in [6.45, 7) is 4.94. The molecule has 0 spiro atoms. The van der Waals surface area contributed by atoms with Crippen LogP contribution in [0.2, 0.25) is 0 Å². The molecule has 1 amide bonds. The Balaban J connectivity index is 1.23. The van der Waals surface area contributed by atoms with Gasteiger partial charge in [0.1, 0.15) is 0 Å². The van der Waals surface area contributed by atoms with Crippen LogP contribution in [-0.2, 0) is 11.3 Å². The van der Waals surface area contributed by atoms with Gasteiger partial charge in [0, 0.05) is 44.8 Å². The number of rotatable bonds is 6. The second-order valence-corrected chi connectivity index (χ2v) is 6.55. The molecule has 4 rings (SSSR count). The van der Waals surface area contributed by atoms with Crippen molar-refractivity contribution in [2.24, 2.45) is 0 Å². The molecule has 2 aliphatic rings. The van der Waals surface area contributed by atoms with Crippen LogP contribution >= 0.6 is 0 Å². The van der Waals surface area contributed by atoms with E-state index in [1.807, 2.05) is 18.2 Å². The number of hydrogen-bond donors (Lipinski definition) is 1. The van der Waals surface area contributed by atoms with E-state index in [1.54, 1.807) is 6.26 Å². The Bertz CT molecular complexity index is 670. The van der Waals surface area contributed by atoms with Gasteiger partial charge in [0.15, 0.2) is 5.76 Å². The van der Waals surface area contributed by atoms with Crippen LogP contribution in [0.5, 0.6) is 0 Å². The summed E-state index contributed by atoms with van der Waals surface area (Å²) < 4.78 is 10.6. The average molecular weight is 330 g/mol. The minimum Gasteiger partial charge on any atom is -0.461 e. The highest BCUT2D eigenvalue weighted by Crippen LogP contribution is 2.21. The first-order chi connectivity index (χ1) is 11.8. The van der Waals surface area contributed by atoms with E-state index in [2.05, 4.69) is 20.3 Å². The van der Waals surface area contributed by atoms with Crippen molar-refractivity contribution in [3.8, 4) is 11.5 Å². The molecule has 7 heteroatoms. The highest BCUT2D eigenvalue weighted by Gasteiger charge is 2.25. The number of nitrogens with zero attached hydrogens (tertiary/aromatic N) is 3. The molecular weight excluding hydrogens is 308 g/mol. The van der Waals surface area contributed by atoms with Gasteiger partial charge in [-0.05, 0) is 25.0 Å². The molecule has 0 unspecified atom stereocenters. The molecule has 2 aromatic heterocycles. The molecule has 128 valence electrons. The highest BCUT2D eigenvalue weighted by molar-refractivity contribution is 5.78. The summed E-state index contributed by atoms with van der Waals surface area (Å²) >= 11 is 0. The molecule has 3 heterocycles. The van der Waals surface area contributed by atoms with Crippen molar-refractivity contribution in [3.05, 3.63) is 30.2 Å². The Morgan fingerprint density at radius 1 is 1.21 bits per heavy atom. The van der Waals surface area contributed by atoms with Crippen LogP contribution in [0.4, 0.5) is 0 Å². The van der Waals surface area contributed by atoms with Gasteiger partial charge in [-0.25, -0.2) is 0 Å². The molecule has 1 aliphatic heterocycles. The molecule has 7 nitrogen and oxygen atoms in total. The van der Waals surface area contributed by atoms with Gasteiger partial charge in [-0.2, -0.15) is 0 Å². The molecule has 0 atom stereocenters. The van der Waals surface area contributed by atoms with Crippen molar-refractivity contribution in [2.45, 2.75) is 25.4 Å². The molecular formula is C17H22N4O3. The second kappa shape index (κ2) is 6.78. The summed E-state index contributed by atoms with van der Waals surface area (Å²) in [5.74, 6) is 1.51. The van der Waals surface area contributed by atoms with Crippen LogP contribution in [0.3, 0.4) is 0 Å². The molecule has 0 aromatic carbocycles. The van der Waals surface area contributed by atoms with Gasteiger partial charge in [-0.3, -0.25) is 14.6 Å². The van der Waals surface area contributed by atoms with Gasteiger partial charge in [0.2, 0.25) is 11.7 Å². The summed E-state index contributed by atoms with van der Waals surface area (Å²) in [7, 11) is 0. The molecule has 1 saturated heterocycles. The zero-order chi connectivity index (χ0) is 16.4. The average Bonchev–Trinajstić information content (AvgIpc) is 3.04. The normalized spacial score (nSPS) is 19.5. The summed E-state index contributed by atoms with van der Waals surface area (Å²) in [6.07, 6.45) is 3.89. The minimum absolute atomic E-state index is 0.158.